The van der Waals surface area contributed by atoms with Crippen molar-refractivity contribution >= 4 is 11.9 Å². The van der Waals surface area contributed by atoms with Gasteiger partial charge in [0, 0.05) is 6.54 Å². The van der Waals surface area contributed by atoms with Crippen molar-refractivity contribution in [1.82, 2.24) is 5.32 Å². The van der Waals surface area contributed by atoms with Crippen LogP contribution in [-0.2, 0) is 20.9 Å². The third kappa shape index (κ3) is 3.90. The van der Waals surface area contributed by atoms with E-state index >= 15 is 0 Å². The van der Waals surface area contributed by atoms with E-state index in [0.717, 1.165) is 5.56 Å². The Morgan fingerprint density at radius 1 is 1.27 bits per heavy atom. The number of fused-ring (bicyclic) bond motifs is 1. The topological polar surface area (TPSA) is 73.9 Å². The van der Waals surface area contributed by atoms with Crippen LogP contribution in [0, 0.1) is 5.92 Å². The third-order valence-corrected chi connectivity index (χ3v) is 3.58. The van der Waals surface area contributed by atoms with Gasteiger partial charge in [0.1, 0.15) is 0 Å². The van der Waals surface area contributed by atoms with Crippen molar-refractivity contribution in [2.75, 3.05) is 6.79 Å². The summed E-state index contributed by atoms with van der Waals surface area (Å²) in [7, 11) is 0. The molecular weight excluding hydrogens is 286 g/mol. The molecule has 1 aliphatic rings. The van der Waals surface area contributed by atoms with Crippen molar-refractivity contribution in [3.05, 3.63) is 23.8 Å². The van der Waals surface area contributed by atoms with Gasteiger partial charge in [0.15, 0.2) is 17.6 Å². The number of benzene rings is 1. The van der Waals surface area contributed by atoms with Gasteiger partial charge in [-0.2, -0.15) is 0 Å². The van der Waals surface area contributed by atoms with E-state index in [-0.39, 0.29) is 24.6 Å². The van der Waals surface area contributed by atoms with Crippen molar-refractivity contribution in [3.63, 3.8) is 0 Å². The second-order valence-electron chi connectivity index (χ2n) is 5.29. The Balaban J connectivity index is 1.83. The van der Waals surface area contributed by atoms with E-state index in [1.807, 2.05) is 19.1 Å². The summed E-state index contributed by atoms with van der Waals surface area (Å²) in [4.78, 5) is 23.6. The fourth-order valence-electron chi connectivity index (χ4n) is 1.89. The zero-order valence-corrected chi connectivity index (χ0v) is 13.0. The summed E-state index contributed by atoms with van der Waals surface area (Å²) in [6.45, 7) is 5.79. The van der Waals surface area contributed by atoms with Crippen LogP contribution < -0.4 is 14.8 Å². The highest BCUT2D eigenvalue weighted by molar-refractivity contribution is 5.83. The molecule has 0 fully saturated rings. The predicted molar refractivity (Wildman–Crippen MR) is 79.4 cm³/mol. The fourth-order valence-corrected chi connectivity index (χ4v) is 1.89. The Labute approximate surface area is 129 Å². The summed E-state index contributed by atoms with van der Waals surface area (Å²) in [6, 6.07) is 5.47. The van der Waals surface area contributed by atoms with E-state index in [9.17, 15) is 9.59 Å². The third-order valence-electron chi connectivity index (χ3n) is 3.58. The van der Waals surface area contributed by atoms with Gasteiger partial charge < -0.3 is 19.5 Å². The number of esters is 1. The van der Waals surface area contributed by atoms with Gasteiger partial charge in [-0.15, -0.1) is 0 Å². The molecule has 2 rings (SSSR count). The monoisotopic (exact) mass is 307 g/mol. The van der Waals surface area contributed by atoms with Crippen LogP contribution in [0.3, 0.4) is 0 Å². The molecule has 0 bridgehead atoms. The van der Waals surface area contributed by atoms with Crippen molar-refractivity contribution < 1.29 is 23.8 Å². The Morgan fingerprint density at radius 3 is 2.73 bits per heavy atom. The number of rotatable bonds is 6. The fraction of sp³-hybridized carbons (Fsp3) is 0.500. The molecule has 6 heteroatoms. The number of hydrogen-bond acceptors (Lipinski definition) is 5. The molecule has 1 N–H and O–H groups in total. The maximum Gasteiger partial charge on any atom is 0.309 e. The quantitative estimate of drug-likeness (QED) is 0.814. The highest BCUT2D eigenvalue weighted by Gasteiger charge is 2.21. The maximum absolute atomic E-state index is 12.0. The minimum Gasteiger partial charge on any atom is -0.454 e. The summed E-state index contributed by atoms with van der Waals surface area (Å²) in [5.41, 5.74) is 0.887. The lowest BCUT2D eigenvalue weighted by molar-refractivity contribution is -0.158. The molecule has 2 unspecified atom stereocenters. The van der Waals surface area contributed by atoms with Gasteiger partial charge in [-0.05, 0) is 31.0 Å². The van der Waals surface area contributed by atoms with Gasteiger partial charge in [-0.3, -0.25) is 9.59 Å². The second kappa shape index (κ2) is 7.15. The number of carbonyl (C=O) groups excluding carboxylic acids is 2. The summed E-state index contributed by atoms with van der Waals surface area (Å²) in [6.07, 6.45) is -0.125. The van der Waals surface area contributed by atoms with Crippen molar-refractivity contribution in [2.24, 2.45) is 5.92 Å². The maximum atomic E-state index is 12.0. The van der Waals surface area contributed by atoms with Crippen LogP contribution in [-0.4, -0.2) is 24.8 Å². The molecule has 22 heavy (non-hydrogen) atoms. The van der Waals surface area contributed by atoms with Crippen LogP contribution in [0.15, 0.2) is 18.2 Å². The normalized spacial score (nSPS) is 15.0. The van der Waals surface area contributed by atoms with Crippen molar-refractivity contribution in [2.45, 2.75) is 39.8 Å². The largest absolute Gasteiger partial charge is 0.454 e. The van der Waals surface area contributed by atoms with Crippen LogP contribution in [0.5, 0.6) is 11.5 Å². The first-order chi connectivity index (χ1) is 10.5. The lowest BCUT2D eigenvalue weighted by atomic mass is 10.1. The van der Waals surface area contributed by atoms with Crippen LogP contribution in [0.1, 0.15) is 32.8 Å². The number of nitrogens with one attached hydrogen (secondary N) is 1. The van der Waals surface area contributed by atoms with Gasteiger partial charge in [0.05, 0.1) is 5.92 Å². The molecule has 0 aliphatic carbocycles. The van der Waals surface area contributed by atoms with Crippen LogP contribution >= 0.6 is 0 Å². The first-order valence-corrected chi connectivity index (χ1v) is 7.38. The number of ether oxygens (including phenoxy) is 3. The SMILES string of the molecule is CCC(C)C(=O)OC(C)C(=O)NCc1ccc2c(c1)OCO2. The Morgan fingerprint density at radius 2 is 2.00 bits per heavy atom. The summed E-state index contributed by atoms with van der Waals surface area (Å²) >= 11 is 0. The van der Waals surface area contributed by atoms with Gasteiger partial charge in [0.2, 0.25) is 6.79 Å². The van der Waals surface area contributed by atoms with E-state index in [1.54, 1.807) is 19.9 Å². The Bertz CT molecular complexity index is 557. The summed E-state index contributed by atoms with van der Waals surface area (Å²) in [5, 5.41) is 2.74. The molecular formula is C16H21NO5. The van der Waals surface area contributed by atoms with E-state index in [4.69, 9.17) is 14.2 Å². The van der Waals surface area contributed by atoms with Crippen LogP contribution in [0.2, 0.25) is 0 Å². The first kappa shape index (κ1) is 16.1. The highest BCUT2D eigenvalue weighted by Crippen LogP contribution is 2.32. The average molecular weight is 307 g/mol. The van der Waals surface area contributed by atoms with Crippen molar-refractivity contribution in [1.29, 1.82) is 0 Å². The molecule has 1 aromatic rings. The number of amides is 1. The van der Waals surface area contributed by atoms with Gasteiger partial charge >= 0.3 is 5.97 Å². The number of carbonyl (C=O) groups is 2. The Kier molecular flexibility index (Phi) is 5.25. The second-order valence-corrected chi connectivity index (χ2v) is 5.29. The molecule has 1 aliphatic heterocycles. The molecule has 0 aromatic heterocycles. The molecule has 1 amide bonds. The highest BCUT2D eigenvalue weighted by atomic mass is 16.7. The molecule has 0 saturated carbocycles. The molecule has 0 saturated heterocycles. The lowest BCUT2D eigenvalue weighted by Gasteiger charge is -2.16. The summed E-state index contributed by atoms with van der Waals surface area (Å²) in [5.74, 6) is 0.487. The molecule has 1 aromatic carbocycles. The van der Waals surface area contributed by atoms with Gasteiger partial charge in [-0.25, -0.2) is 0 Å². The molecule has 1 heterocycles. The van der Waals surface area contributed by atoms with Gasteiger partial charge in [-0.1, -0.05) is 19.9 Å². The molecule has 6 nitrogen and oxygen atoms in total. The summed E-state index contributed by atoms with van der Waals surface area (Å²) < 4.78 is 15.6. The molecule has 120 valence electrons. The zero-order chi connectivity index (χ0) is 16.1. The first-order valence-electron chi connectivity index (χ1n) is 7.38. The van der Waals surface area contributed by atoms with Crippen LogP contribution in [0.4, 0.5) is 0 Å². The molecule has 0 spiro atoms. The smallest absolute Gasteiger partial charge is 0.309 e. The number of hydrogen-bond donors (Lipinski definition) is 1. The Hall–Kier alpha value is -2.24. The van der Waals surface area contributed by atoms with E-state index in [1.165, 1.54) is 0 Å². The van der Waals surface area contributed by atoms with Crippen LogP contribution in [0.25, 0.3) is 0 Å². The lowest BCUT2D eigenvalue weighted by Crippen LogP contribution is -2.36. The minimum absolute atomic E-state index is 0.205. The van der Waals surface area contributed by atoms with Gasteiger partial charge in [0.25, 0.3) is 5.91 Å². The van der Waals surface area contributed by atoms with Crippen molar-refractivity contribution in [3.8, 4) is 11.5 Å². The predicted octanol–water partition coefficient (Wildman–Crippen LogP) is 2.01. The average Bonchev–Trinajstić information content (AvgIpc) is 2.99. The molecule has 2 atom stereocenters. The standard InChI is InChI=1S/C16H21NO5/c1-4-10(2)16(19)22-11(3)15(18)17-8-12-5-6-13-14(7-12)21-9-20-13/h5-7,10-11H,4,8-9H2,1-3H3,(H,17,18). The van der Waals surface area contributed by atoms with E-state index < -0.39 is 6.10 Å². The zero-order valence-electron chi connectivity index (χ0n) is 13.0. The molecule has 0 radical (unpaired) electrons. The minimum atomic E-state index is -0.810. The van der Waals surface area contributed by atoms with E-state index in [0.29, 0.717) is 24.5 Å². The van der Waals surface area contributed by atoms with E-state index in [2.05, 4.69) is 5.32 Å².